The normalized spacial score (nSPS) is 14.7. The van der Waals surface area contributed by atoms with E-state index in [9.17, 15) is 19.1 Å². The molecule has 0 spiro atoms. The highest BCUT2D eigenvalue weighted by molar-refractivity contribution is 7.16. The summed E-state index contributed by atoms with van der Waals surface area (Å²) in [6.45, 7) is 3.92. The second-order valence-electron chi connectivity index (χ2n) is 9.97. The van der Waals surface area contributed by atoms with Crippen LogP contribution in [0.5, 0.6) is 5.75 Å². The van der Waals surface area contributed by atoms with E-state index in [2.05, 4.69) is 14.8 Å². The molecule has 200 valence electrons. The minimum atomic E-state index is -0.308. The van der Waals surface area contributed by atoms with E-state index in [1.54, 1.807) is 6.07 Å². The highest BCUT2D eigenvalue weighted by atomic mass is 32.1. The average Bonchev–Trinajstić information content (AvgIpc) is 3.30. The lowest BCUT2D eigenvalue weighted by Crippen LogP contribution is -2.44. The summed E-state index contributed by atoms with van der Waals surface area (Å²) in [4.78, 5) is 30.8. The standard InChI is InChI=1S/C28H37FN4O3S/c29-22-9-6-20(7-10-22)12-15-32(16-14-25(30)35)18-19-33(23-4-2-1-3-5-23)17-13-21-8-11-24(34)26-27(21)37-28(36)31-26/h6-11,23,34H,1-5,12-19H2,(H2,30,35)(H,31,36). The molecule has 37 heavy (non-hydrogen) atoms. The van der Waals surface area contributed by atoms with E-state index >= 15 is 0 Å². The molecular formula is C28H37FN4O3S. The van der Waals surface area contributed by atoms with E-state index in [4.69, 9.17) is 5.73 Å². The number of primary amides is 1. The highest BCUT2D eigenvalue weighted by Gasteiger charge is 2.22. The van der Waals surface area contributed by atoms with Gasteiger partial charge in [0.2, 0.25) is 5.91 Å². The van der Waals surface area contributed by atoms with Gasteiger partial charge >= 0.3 is 4.87 Å². The fourth-order valence-corrected chi connectivity index (χ4v) is 6.17. The molecule has 4 N–H and O–H groups in total. The van der Waals surface area contributed by atoms with Crippen molar-refractivity contribution in [3.8, 4) is 5.75 Å². The predicted molar refractivity (Wildman–Crippen MR) is 147 cm³/mol. The Bertz CT molecular complexity index is 1220. The number of phenols is 1. The molecule has 0 unspecified atom stereocenters. The van der Waals surface area contributed by atoms with Crippen LogP contribution >= 0.6 is 11.3 Å². The maximum Gasteiger partial charge on any atom is 0.305 e. The van der Waals surface area contributed by atoms with E-state index < -0.39 is 0 Å². The summed E-state index contributed by atoms with van der Waals surface area (Å²) in [5.41, 5.74) is 8.11. The fourth-order valence-electron chi connectivity index (χ4n) is 5.27. The predicted octanol–water partition coefficient (Wildman–Crippen LogP) is 4.03. The van der Waals surface area contributed by atoms with Crippen molar-refractivity contribution in [2.24, 2.45) is 5.73 Å². The number of nitrogens with two attached hydrogens (primary N) is 1. The largest absolute Gasteiger partial charge is 0.506 e. The van der Waals surface area contributed by atoms with Crippen LogP contribution in [0.25, 0.3) is 10.2 Å². The van der Waals surface area contributed by atoms with Gasteiger partial charge in [-0.3, -0.25) is 14.5 Å². The van der Waals surface area contributed by atoms with Gasteiger partial charge in [0.05, 0.1) is 4.70 Å². The van der Waals surface area contributed by atoms with Crippen molar-refractivity contribution in [2.75, 3.05) is 32.7 Å². The number of H-pyrrole nitrogens is 1. The van der Waals surface area contributed by atoms with Gasteiger partial charge in [0.1, 0.15) is 17.1 Å². The number of carbonyl (C=O) groups is 1. The summed E-state index contributed by atoms with van der Waals surface area (Å²) in [6, 6.07) is 10.7. The zero-order chi connectivity index (χ0) is 26.2. The minimum absolute atomic E-state index is 0.104. The maximum atomic E-state index is 13.3. The van der Waals surface area contributed by atoms with E-state index in [1.165, 1.54) is 44.2 Å². The molecule has 1 aromatic heterocycles. The first-order chi connectivity index (χ1) is 17.9. The Balaban J connectivity index is 1.43. The molecule has 1 aliphatic rings. The lowest BCUT2D eigenvalue weighted by atomic mass is 9.93. The zero-order valence-electron chi connectivity index (χ0n) is 21.3. The number of hydrogen-bond acceptors (Lipinski definition) is 6. The van der Waals surface area contributed by atoms with Crippen molar-refractivity contribution in [2.45, 2.75) is 57.4 Å². The number of halogens is 1. The Morgan fingerprint density at radius 3 is 2.49 bits per heavy atom. The van der Waals surface area contributed by atoms with E-state index in [1.807, 2.05) is 18.2 Å². The van der Waals surface area contributed by atoms with Crippen LogP contribution in [0, 0.1) is 5.82 Å². The molecule has 0 radical (unpaired) electrons. The summed E-state index contributed by atoms with van der Waals surface area (Å²) in [5.74, 6) is -0.444. The first-order valence-corrected chi connectivity index (χ1v) is 14.0. The third-order valence-electron chi connectivity index (χ3n) is 7.41. The molecule has 7 nitrogen and oxygen atoms in total. The number of phenolic OH excluding ortho intramolecular Hbond substituents is 1. The first kappa shape index (κ1) is 27.3. The van der Waals surface area contributed by atoms with Crippen molar-refractivity contribution in [3.63, 3.8) is 0 Å². The lowest BCUT2D eigenvalue weighted by molar-refractivity contribution is -0.118. The molecule has 1 aliphatic carbocycles. The molecule has 1 saturated carbocycles. The van der Waals surface area contributed by atoms with Gasteiger partial charge in [0.25, 0.3) is 0 Å². The average molecular weight is 529 g/mol. The number of rotatable bonds is 13. The summed E-state index contributed by atoms with van der Waals surface area (Å²) in [5, 5.41) is 10.1. The number of aromatic nitrogens is 1. The number of thiazole rings is 1. The van der Waals surface area contributed by atoms with E-state index in [0.29, 0.717) is 24.5 Å². The van der Waals surface area contributed by atoms with Gasteiger partial charge in [-0.25, -0.2) is 4.39 Å². The monoisotopic (exact) mass is 528 g/mol. The van der Waals surface area contributed by atoms with Gasteiger partial charge in [0.15, 0.2) is 0 Å². The molecule has 2 aromatic carbocycles. The number of hydrogen-bond donors (Lipinski definition) is 3. The van der Waals surface area contributed by atoms with Crippen molar-refractivity contribution in [1.29, 1.82) is 0 Å². The highest BCUT2D eigenvalue weighted by Crippen LogP contribution is 2.29. The smallest absolute Gasteiger partial charge is 0.305 e. The van der Waals surface area contributed by atoms with Gasteiger partial charge in [-0.05, 0) is 55.0 Å². The topological polar surface area (TPSA) is 103 Å². The zero-order valence-corrected chi connectivity index (χ0v) is 22.1. The van der Waals surface area contributed by atoms with Crippen molar-refractivity contribution in [3.05, 3.63) is 63.0 Å². The number of carbonyl (C=O) groups excluding carboxylic acids is 1. The summed E-state index contributed by atoms with van der Waals surface area (Å²) < 4.78 is 14.1. The number of amides is 1. The number of benzene rings is 2. The second-order valence-corrected chi connectivity index (χ2v) is 11.0. The molecule has 0 bridgehead atoms. The van der Waals surface area contributed by atoms with Crippen LogP contribution < -0.4 is 10.6 Å². The van der Waals surface area contributed by atoms with Crippen LogP contribution in [0.15, 0.2) is 41.2 Å². The molecule has 1 fully saturated rings. The molecular weight excluding hydrogens is 491 g/mol. The molecule has 0 aliphatic heterocycles. The lowest BCUT2D eigenvalue weighted by Gasteiger charge is -2.36. The van der Waals surface area contributed by atoms with E-state index in [0.717, 1.165) is 66.2 Å². The molecule has 9 heteroatoms. The van der Waals surface area contributed by atoms with Crippen LogP contribution in [0.2, 0.25) is 0 Å². The molecule has 4 rings (SSSR count). The summed E-state index contributed by atoms with van der Waals surface area (Å²) >= 11 is 1.15. The van der Waals surface area contributed by atoms with Gasteiger partial charge < -0.3 is 20.7 Å². The Labute approximate surface area is 221 Å². The fraction of sp³-hybridized carbons (Fsp3) is 0.500. The maximum absolute atomic E-state index is 13.3. The van der Waals surface area contributed by atoms with Gasteiger partial charge in [-0.1, -0.05) is 48.8 Å². The SMILES string of the molecule is NC(=O)CCN(CCc1ccc(F)cc1)CCN(CCc1ccc(O)c2[nH]c(=O)sc12)C1CCCCC1. The van der Waals surface area contributed by atoms with Crippen LogP contribution in [0.3, 0.4) is 0 Å². The quantitative estimate of drug-likeness (QED) is 0.311. The third kappa shape index (κ3) is 7.87. The van der Waals surface area contributed by atoms with Gasteiger partial charge in [0, 0.05) is 45.2 Å². The second kappa shape index (κ2) is 13.2. The summed E-state index contributed by atoms with van der Waals surface area (Å²) in [6.07, 6.45) is 7.99. The Morgan fingerprint density at radius 1 is 1.00 bits per heavy atom. The van der Waals surface area contributed by atoms with Crippen molar-refractivity contribution in [1.82, 2.24) is 14.8 Å². The Hall–Kier alpha value is -2.75. The number of nitrogens with one attached hydrogen (secondary N) is 1. The van der Waals surface area contributed by atoms with E-state index in [-0.39, 0.29) is 22.3 Å². The molecule has 3 aromatic rings. The first-order valence-electron chi connectivity index (χ1n) is 13.2. The Morgan fingerprint density at radius 2 is 1.76 bits per heavy atom. The van der Waals surface area contributed by atoms with Gasteiger partial charge in [-0.15, -0.1) is 0 Å². The van der Waals surface area contributed by atoms with Crippen LogP contribution in [-0.4, -0.2) is 64.6 Å². The van der Waals surface area contributed by atoms with Crippen LogP contribution in [0.1, 0.15) is 49.7 Å². The van der Waals surface area contributed by atoms with Crippen LogP contribution in [-0.2, 0) is 17.6 Å². The number of nitrogens with zero attached hydrogens (tertiary/aromatic N) is 2. The number of aromatic hydroxyl groups is 1. The Kier molecular flexibility index (Phi) is 9.71. The molecule has 0 saturated heterocycles. The third-order valence-corrected chi connectivity index (χ3v) is 8.36. The summed E-state index contributed by atoms with van der Waals surface area (Å²) in [7, 11) is 0. The van der Waals surface area contributed by atoms with Crippen molar-refractivity contribution < 1.29 is 14.3 Å². The van der Waals surface area contributed by atoms with Gasteiger partial charge in [-0.2, -0.15) is 0 Å². The molecule has 1 amide bonds. The number of aromatic amines is 1. The van der Waals surface area contributed by atoms with Crippen LogP contribution in [0.4, 0.5) is 4.39 Å². The van der Waals surface area contributed by atoms with Crippen molar-refractivity contribution >= 4 is 27.5 Å². The molecule has 1 heterocycles. The molecule has 0 atom stereocenters. The minimum Gasteiger partial charge on any atom is -0.506 e. The number of fused-ring (bicyclic) bond motifs is 1.